The van der Waals surface area contributed by atoms with Crippen molar-refractivity contribution in [2.24, 2.45) is 0 Å². The molecule has 0 bridgehead atoms. The summed E-state index contributed by atoms with van der Waals surface area (Å²) in [5, 5.41) is 0. The van der Waals surface area contributed by atoms with Gasteiger partial charge in [0.2, 0.25) is 0 Å². The molecule has 6 heteroatoms. The normalized spacial score (nSPS) is 8.00. The van der Waals surface area contributed by atoms with Gasteiger partial charge in [-0.05, 0) is 0 Å². The largest absolute Gasteiger partial charge is 0.0776 e. The molecule has 4 saturated carbocycles. The molecule has 0 heterocycles. The van der Waals surface area contributed by atoms with Crippen molar-refractivity contribution in [3.8, 4) is 0 Å². The van der Waals surface area contributed by atoms with E-state index in [-0.39, 0.29) is 158 Å². The zero-order valence-electron chi connectivity index (χ0n) is 11.9. The zero-order chi connectivity index (χ0) is 13.2. The van der Waals surface area contributed by atoms with E-state index in [0.29, 0.717) is 0 Å². The standard InChI is InChI=1S/4C3H6.20CH4.B3.B2.B.H2/c4*1-2-3-1;;;;;;;;;;;;;;;;;;;;;1-3-2;1-2;;/h4*1-3H2;20*1H4;;;;1H/i;;;;;;;;;;;;;;;;;;;;;;;;;;;1+2. The Kier molecular flexibility index (Phi) is 1650. The van der Waals surface area contributed by atoms with Crippen LogP contribution in [0.5, 0.6) is 0 Å². The van der Waals surface area contributed by atoms with Gasteiger partial charge in [0.15, 0.2) is 0 Å². The molecule has 0 atom stereocenters. The lowest BCUT2D eigenvalue weighted by Gasteiger charge is -1.41. The Morgan fingerprint density at radius 3 is 0.289 bits per heavy atom. The van der Waals surface area contributed by atoms with Crippen LogP contribution >= 0.6 is 0 Å². The monoisotopic (exact) mass is 559 g/mol. The van der Waals surface area contributed by atoms with Gasteiger partial charge in [0.05, 0.1) is 0 Å². The molecule has 0 amide bonds. The predicted molar refractivity (Wildman–Crippen MR) is 227 cm³/mol. The summed E-state index contributed by atoms with van der Waals surface area (Å²) >= 11 is 0. The zero-order valence-corrected chi connectivity index (χ0v) is 11.9. The molecule has 38 heavy (non-hydrogen) atoms. The van der Waals surface area contributed by atoms with Gasteiger partial charge in [0, 0.05) is 47.8 Å². The third-order valence-electron chi connectivity index (χ3n) is 1.41. The SMILES string of the molecule is C.C.C.C.C.C.C.C.C.C.C.C.C.C.C.C.C.C.C.C.C1CC1.C1CC1.C1CC1.C1CC1.[3HH].[B].[B][B].[B][B][B]. The highest BCUT2D eigenvalue weighted by Crippen LogP contribution is 2.15. The third kappa shape index (κ3) is 2370. The minimum absolute atomic E-state index is 0. The van der Waals surface area contributed by atoms with Crippen LogP contribution in [-0.4, -0.2) is 46.4 Å². The van der Waals surface area contributed by atoms with Crippen LogP contribution in [0.2, 0.25) is 0 Å². The van der Waals surface area contributed by atoms with E-state index in [1.54, 1.807) is 0 Å². The Balaban J connectivity index is -0.00000000284. The molecule has 0 aromatic carbocycles. The smallest absolute Gasteiger partial charge is 0 e. The molecule has 252 valence electrons. The predicted octanol–water partition coefficient (Wildman–Crippen LogP) is 15.4. The van der Waals surface area contributed by atoms with Crippen molar-refractivity contribution in [2.45, 2.75) is 226 Å². The molecule has 0 nitrogen and oxygen atoms in total. The second-order valence-electron chi connectivity index (χ2n) is 4.44. The maximum atomic E-state index is 4.50. The van der Waals surface area contributed by atoms with Crippen molar-refractivity contribution in [3.05, 3.63) is 0 Å². The molecule has 12 radical (unpaired) electrons. The van der Waals surface area contributed by atoms with E-state index in [4.69, 9.17) is 0 Å². The van der Waals surface area contributed by atoms with Crippen LogP contribution in [0.3, 0.4) is 0 Å². The van der Waals surface area contributed by atoms with Gasteiger partial charge in [0.25, 0.3) is 0 Å². The van der Waals surface area contributed by atoms with Gasteiger partial charge in [-0.3, -0.25) is 0 Å². The summed E-state index contributed by atoms with van der Waals surface area (Å²) in [6.45, 7) is 0. The van der Waals surface area contributed by atoms with Crippen molar-refractivity contribution < 1.29 is 1.43 Å². The molecule has 0 saturated heterocycles. The van der Waals surface area contributed by atoms with E-state index in [2.05, 4.69) is 30.9 Å². The van der Waals surface area contributed by atoms with Crippen LogP contribution in [0.15, 0.2) is 0 Å². The van der Waals surface area contributed by atoms with Crippen LogP contribution in [-0.2, 0) is 0 Å². The van der Waals surface area contributed by atoms with Gasteiger partial charge in [-0.1, -0.05) is 226 Å². The molecule has 0 aliphatic heterocycles. The number of hydrogen-bond acceptors (Lipinski definition) is 0. The molecular formula is C32H106B6. The Morgan fingerprint density at radius 1 is 0.263 bits per heavy atom. The van der Waals surface area contributed by atoms with Crippen LogP contribution in [0.1, 0.15) is 227 Å². The topological polar surface area (TPSA) is 0 Å². The van der Waals surface area contributed by atoms with Gasteiger partial charge in [-0.15, -0.1) is 0 Å². The number of hydrogen-bond donors (Lipinski definition) is 0. The lowest BCUT2D eigenvalue weighted by molar-refractivity contribution is 1.50. The molecule has 4 rings (SSSR count). The Bertz CT molecular complexity index is 83.8. The third-order valence-corrected chi connectivity index (χ3v) is 1.41. The van der Waals surface area contributed by atoms with Crippen molar-refractivity contribution in [3.63, 3.8) is 0 Å². The second-order valence-corrected chi connectivity index (χ2v) is 4.44. The van der Waals surface area contributed by atoms with Gasteiger partial charge in [0.1, 0.15) is 0 Å². The van der Waals surface area contributed by atoms with Crippen molar-refractivity contribution >= 4 is 46.4 Å². The Labute approximate surface area is 273 Å². The lowest BCUT2D eigenvalue weighted by Crippen LogP contribution is -1.79. The highest BCUT2D eigenvalue weighted by molar-refractivity contribution is 7.17. The van der Waals surface area contributed by atoms with Crippen molar-refractivity contribution in [2.75, 3.05) is 0 Å². The lowest BCUT2D eigenvalue weighted by atomic mass is 9.40. The summed E-state index contributed by atoms with van der Waals surface area (Å²) in [5.74, 6) is 0. The van der Waals surface area contributed by atoms with E-state index in [1.165, 1.54) is 77.0 Å². The molecule has 4 aliphatic rings. The van der Waals surface area contributed by atoms with E-state index in [1.807, 2.05) is 0 Å². The summed E-state index contributed by atoms with van der Waals surface area (Å²) in [6, 6.07) is 0. The van der Waals surface area contributed by atoms with Gasteiger partial charge in [-0.25, -0.2) is 0 Å². The quantitative estimate of drug-likeness (QED) is 0.260. The minimum Gasteiger partial charge on any atom is -0.0776 e. The number of rotatable bonds is 0. The van der Waals surface area contributed by atoms with E-state index in [9.17, 15) is 0 Å². The molecule has 4 fully saturated rings. The average molecular weight is 558 g/mol. The molecule has 0 spiro atoms. The van der Waals surface area contributed by atoms with Gasteiger partial charge in [-0.2, -0.15) is 0 Å². The summed E-state index contributed by atoms with van der Waals surface area (Å²) in [6.07, 6.45) is 18.0. The summed E-state index contributed by atoms with van der Waals surface area (Å²) in [4.78, 5) is 0. The Morgan fingerprint density at radius 2 is 0.289 bits per heavy atom. The highest BCUT2D eigenvalue weighted by atomic mass is 14.0. The Hall–Kier alpha value is 0.390. The van der Waals surface area contributed by atoms with Gasteiger partial charge >= 0.3 is 0 Å². The molecule has 4 aliphatic carbocycles. The summed E-state index contributed by atoms with van der Waals surface area (Å²) in [7, 11) is 18.0. The summed E-state index contributed by atoms with van der Waals surface area (Å²) in [5.41, 5.74) is 0. The average Bonchev–Trinajstić information content (AvgIpc) is 3.25. The van der Waals surface area contributed by atoms with Crippen LogP contribution in [0.25, 0.3) is 0 Å². The van der Waals surface area contributed by atoms with Gasteiger partial charge < -0.3 is 0 Å². The molecule has 0 aromatic rings. The molecule has 0 unspecified atom stereocenters. The second kappa shape index (κ2) is 276. The first-order valence-electron chi connectivity index (χ1n) is 7.00. The summed E-state index contributed by atoms with van der Waals surface area (Å²) < 4.78 is 0. The minimum atomic E-state index is 0. The maximum Gasteiger partial charge on any atom is 0 e. The first-order valence-corrected chi connectivity index (χ1v) is 7.00. The van der Waals surface area contributed by atoms with Crippen molar-refractivity contribution in [1.82, 2.24) is 0 Å². The van der Waals surface area contributed by atoms with Crippen molar-refractivity contribution in [1.29, 1.82) is 0 Å². The fourth-order valence-electron chi connectivity index (χ4n) is 0. The van der Waals surface area contributed by atoms with Crippen LogP contribution < -0.4 is 0 Å². The van der Waals surface area contributed by atoms with E-state index < -0.39 is 0 Å². The van der Waals surface area contributed by atoms with Crippen LogP contribution in [0.4, 0.5) is 0 Å². The fraction of sp³-hybridized carbons (Fsp3) is 1.00. The fourth-order valence-corrected chi connectivity index (χ4v) is 0. The first kappa shape index (κ1) is 227. The molecule has 0 aromatic heterocycles. The molecule has 0 N–H and O–H groups in total. The highest BCUT2D eigenvalue weighted by Gasteiger charge is 1.96. The van der Waals surface area contributed by atoms with Crippen LogP contribution in [0, 0.1) is 0 Å². The molecular weight excluding hydrogens is 449 g/mol. The maximum absolute atomic E-state index is 4.50. The van der Waals surface area contributed by atoms with E-state index in [0.717, 1.165) is 7.06 Å². The first-order chi connectivity index (χ1) is 8.41. The van der Waals surface area contributed by atoms with E-state index >= 15 is 0 Å².